The van der Waals surface area contributed by atoms with Crippen molar-refractivity contribution in [3.8, 4) is 0 Å². The van der Waals surface area contributed by atoms with E-state index in [2.05, 4.69) is 10.4 Å². The highest BCUT2D eigenvalue weighted by Gasteiger charge is 2.18. The fourth-order valence-corrected chi connectivity index (χ4v) is 2.72. The summed E-state index contributed by atoms with van der Waals surface area (Å²) in [4.78, 5) is 24.9. The lowest BCUT2D eigenvalue weighted by atomic mass is 10.1. The lowest BCUT2D eigenvalue weighted by Crippen LogP contribution is -2.34. The maximum Gasteiger partial charge on any atom is 0.275 e. The van der Waals surface area contributed by atoms with E-state index in [-0.39, 0.29) is 17.6 Å². The van der Waals surface area contributed by atoms with Gasteiger partial charge in [-0.25, -0.2) is 4.39 Å². The minimum atomic E-state index is -0.911. The molecule has 0 aliphatic carbocycles. The molecule has 1 unspecified atom stereocenters. The number of aromatic nitrogens is 2. The molecule has 0 spiro atoms. The van der Waals surface area contributed by atoms with E-state index in [1.54, 1.807) is 31.2 Å². The van der Waals surface area contributed by atoms with Gasteiger partial charge in [-0.05, 0) is 30.7 Å². The van der Waals surface area contributed by atoms with E-state index in [0.717, 1.165) is 6.07 Å². The zero-order valence-corrected chi connectivity index (χ0v) is 14.1. The number of amides is 1. The van der Waals surface area contributed by atoms with Gasteiger partial charge in [0.2, 0.25) is 5.43 Å². The van der Waals surface area contributed by atoms with Gasteiger partial charge in [0.1, 0.15) is 5.82 Å². The van der Waals surface area contributed by atoms with Crippen molar-refractivity contribution in [2.45, 2.75) is 19.6 Å². The van der Waals surface area contributed by atoms with Crippen molar-refractivity contribution in [1.29, 1.82) is 0 Å². The van der Waals surface area contributed by atoms with Crippen molar-refractivity contribution in [2.75, 3.05) is 6.54 Å². The van der Waals surface area contributed by atoms with E-state index >= 15 is 0 Å². The lowest BCUT2D eigenvalue weighted by molar-refractivity contribution is 0.0908. The van der Waals surface area contributed by atoms with Crippen LogP contribution in [0.2, 0.25) is 0 Å². The summed E-state index contributed by atoms with van der Waals surface area (Å²) in [5, 5.41) is 16.8. The molecular formula is C19H18FN3O3. The van der Waals surface area contributed by atoms with Crippen molar-refractivity contribution in [2.24, 2.45) is 0 Å². The summed E-state index contributed by atoms with van der Waals surface area (Å²) in [7, 11) is 0. The molecule has 2 aromatic carbocycles. The van der Waals surface area contributed by atoms with Crippen molar-refractivity contribution in [3.05, 3.63) is 75.8 Å². The zero-order valence-electron chi connectivity index (χ0n) is 14.1. The van der Waals surface area contributed by atoms with Crippen LogP contribution in [0.5, 0.6) is 0 Å². The molecule has 0 radical (unpaired) electrons. The van der Waals surface area contributed by atoms with E-state index in [4.69, 9.17) is 0 Å². The monoisotopic (exact) mass is 355 g/mol. The molecule has 1 heterocycles. The SMILES string of the molecule is CCn1nc(C(=O)NCC(O)c2ccccc2)c(=O)c2cc(F)ccc21. The van der Waals surface area contributed by atoms with E-state index in [1.165, 1.54) is 16.8 Å². The van der Waals surface area contributed by atoms with Crippen LogP contribution in [0.15, 0.2) is 53.3 Å². The molecule has 0 aliphatic heterocycles. The van der Waals surface area contributed by atoms with Crippen LogP contribution in [0.1, 0.15) is 29.1 Å². The second-order valence-electron chi connectivity index (χ2n) is 5.79. The van der Waals surface area contributed by atoms with Gasteiger partial charge in [0, 0.05) is 13.1 Å². The molecule has 0 fully saturated rings. The first-order valence-electron chi connectivity index (χ1n) is 8.23. The van der Waals surface area contributed by atoms with Gasteiger partial charge in [0.25, 0.3) is 5.91 Å². The van der Waals surface area contributed by atoms with E-state index in [0.29, 0.717) is 17.6 Å². The van der Waals surface area contributed by atoms with E-state index in [1.807, 2.05) is 6.07 Å². The van der Waals surface area contributed by atoms with Crippen LogP contribution < -0.4 is 10.7 Å². The third-order valence-electron chi connectivity index (χ3n) is 4.07. The van der Waals surface area contributed by atoms with Crippen LogP contribution in [0.3, 0.4) is 0 Å². The zero-order chi connectivity index (χ0) is 18.7. The molecule has 1 atom stereocenters. The predicted molar refractivity (Wildman–Crippen MR) is 95.4 cm³/mol. The van der Waals surface area contributed by atoms with Gasteiger partial charge in [-0.15, -0.1) is 0 Å². The fraction of sp³-hybridized carbons (Fsp3) is 0.211. The Hall–Kier alpha value is -3.06. The van der Waals surface area contributed by atoms with Gasteiger partial charge in [-0.1, -0.05) is 30.3 Å². The number of carbonyl (C=O) groups is 1. The summed E-state index contributed by atoms with van der Waals surface area (Å²) in [5.74, 6) is -1.27. The standard InChI is InChI=1S/C19H18FN3O3/c1-2-23-15-9-8-13(20)10-14(15)18(25)17(22-23)19(26)21-11-16(24)12-6-4-3-5-7-12/h3-10,16,24H,2,11H2,1H3,(H,21,26). The lowest BCUT2D eigenvalue weighted by Gasteiger charge is -2.13. The number of halogens is 1. The van der Waals surface area contributed by atoms with Crippen LogP contribution in [-0.2, 0) is 6.54 Å². The Bertz CT molecular complexity index is 1000. The van der Waals surface area contributed by atoms with Crippen LogP contribution in [0, 0.1) is 5.82 Å². The second-order valence-corrected chi connectivity index (χ2v) is 5.79. The van der Waals surface area contributed by atoms with Gasteiger partial charge in [0.15, 0.2) is 5.69 Å². The summed E-state index contributed by atoms with van der Waals surface area (Å²) in [6, 6.07) is 12.6. The number of nitrogens with one attached hydrogen (secondary N) is 1. The maximum absolute atomic E-state index is 13.5. The summed E-state index contributed by atoms with van der Waals surface area (Å²) in [5.41, 5.74) is 0.133. The highest BCUT2D eigenvalue weighted by Crippen LogP contribution is 2.13. The topological polar surface area (TPSA) is 84.2 Å². The fourth-order valence-electron chi connectivity index (χ4n) is 2.72. The van der Waals surface area contributed by atoms with Gasteiger partial charge in [0.05, 0.1) is 17.0 Å². The first-order chi connectivity index (χ1) is 12.5. The van der Waals surface area contributed by atoms with Crippen LogP contribution >= 0.6 is 0 Å². The van der Waals surface area contributed by atoms with E-state index < -0.39 is 23.3 Å². The Labute approximate surface area is 148 Å². The normalized spacial score (nSPS) is 12.1. The molecule has 26 heavy (non-hydrogen) atoms. The Balaban J connectivity index is 1.88. The molecule has 3 rings (SSSR count). The number of aliphatic hydroxyl groups is 1. The first kappa shape index (κ1) is 17.8. The number of hydrogen-bond acceptors (Lipinski definition) is 4. The first-order valence-corrected chi connectivity index (χ1v) is 8.23. The number of fused-ring (bicyclic) bond motifs is 1. The van der Waals surface area contributed by atoms with Crippen molar-refractivity contribution in [3.63, 3.8) is 0 Å². The minimum Gasteiger partial charge on any atom is -0.387 e. The highest BCUT2D eigenvalue weighted by atomic mass is 19.1. The van der Waals surface area contributed by atoms with Crippen LogP contribution in [0.4, 0.5) is 4.39 Å². The number of aliphatic hydroxyl groups excluding tert-OH is 1. The van der Waals surface area contributed by atoms with Crippen LogP contribution in [0.25, 0.3) is 10.9 Å². The molecular weight excluding hydrogens is 337 g/mol. The Kier molecular flexibility index (Phi) is 5.09. The third kappa shape index (κ3) is 3.48. The summed E-state index contributed by atoms with van der Waals surface area (Å²) in [6.07, 6.45) is -0.911. The molecule has 2 N–H and O–H groups in total. The van der Waals surface area contributed by atoms with Gasteiger partial charge >= 0.3 is 0 Å². The Morgan fingerprint density at radius 2 is 2.00 bits per heavy atom. The molecule has 3 aromatic rings. The van der Waals surface area contributed by atoms with E-state index in [9.17, 15) is 19.1 Å². The van der Waals surface area contributed by atoms with Gasteiger partial charge in [-0.3, -0.25) is 14.3 Å². The number of benzene rings is 2. The second kappa shape index (κ2) is 7.45. The molecule has 1 aromatic heterocycles. The maximum atomic E-state index is 13.5. The Morgan fingerprint density at radius 3 is 2.69 bits per heavy atom. The molecule has 0 saturated heterocycles. The number of carbonyl (C=O) groups excluding carboxylic acids is 1. The average Bonchev–Trinajstić information content (AvgIpc) is 2.67. The molecule has 1 amide bonds. The summed E-state index contributed by atoms with van der Waals surface area (Å²) < 4.78 is 15.0. The third-order valence-corrected chi connectivity index (χ3v) is 4.07. The molecule has 6 nitrogen and oxygen atoms in total. The van der Waals surface area contributed by atoms with Gasteiger partial charge in [-0.2, -0.15) is 5.10 Å². The molecule has 0 saturated carbocycles. The molecule has 134 valence electrons. The molecule has 0 aliphatic rings. The number of aryl methyl sites for hydroxylation is 1. The Morgan fingerprint density at radius 1 is 1.27 bits per heavy atom. The van der Waals surface area contributed by atoms with Gasteiger partial charge < -0.3 is 10.4 Å². The molecule has 7 heteroatoms. The summed E-state index contributed by atoms with van der Waals surface area (Å²) in [6.45, 7) is 2.15. The largest absolute Gasteiger partial charge is 0.387 e. The predicted octanol–water partition coefficient (Wildman–Crippen LogP) is 2.02. The highest BCUT2D eigenvalue weighted by molar-refractivity contribution is 5.95. The van der Waals surface area contributed by atoms with Crippen molar-refractivity contribution < 1.29 is 14.3 Å². The van der Waals surface area contributed by atoms with Crippen molar-refractivity contribution >= 4 is 16.8 Å². The number of nitrogens with zero attached hydrogens (tertiary/aromatic N) is 2. The van der Waals surface area contributed by atoms with Crippen LogP contribution in [-0.4, -0.2) is 27.3 Å². The summed E-state index contributed by atoms with van der Waals surface area (Å²) >= 11 is 0. The quantitative estimate of drug-likeness (QED) is 0.733. The minimum absolute atomic E-state index is 0.0721. The molecule has 0 bridgehead atoms. The smallest absolute Gasteiger partial charge is 0.275 e. The van der Waals surface area contributed by atoms with Crippen molar-refractivity contribution in [1.82, 2.24) is 15.1 Å². The number of hydrogen-bond donors (Lipinski definition) is 2. The number of rotatable bonds is 5. The average molecular weight is 355 g/mol.